The quantitative estimate of drug-likeness (QED) is 0.622. The Bertz CT molecular complexity index is 394. The van der Waals surface area contributed by atoms with Crippen LogP contribution in [0.5, 0.6) is 5.75 Å². The maximum Gasteiger partial charge on any atom is 0.117 e. The number of phenols is 1. The van der Waals surface area contributed by atoms with Gasteiger partial charge in [-0.05, 0) is 12.1 Å². The molecule has 0 aliphatic carbocycles. The van der Waals surface area contributed by atoms with Crippen LogP contribution in [0.15, 0.2) is 24.4 Å². The van der Waals surface area contributed by atoms with Crippen LogP contribution in [-0.2, 0) is 0 Å². The van der Waals surface area contributed by atoms with E-state index in [4.69, 9.17) is 16.7 Å². The van der Waals surface area contributed by atoms with Crippen molar-refractivity contribution in [3.63, 3.8) is 0 Å². The maximum absolute atomic E-state index is 9.13. The highest BCUT2D eigenvalue weighted by Crippen LogP contribution is 2.26. The molecule has 2 N–H and O–H groups in total. The lowest BCUT2D eigenvalue weighted by atomic mass is 10.2. The lowest BCUT2D eigenvalue weighted by Gasteiger charge is -1.94. The summed E-state index contributed by atoms with van der Waals surface area (Å²) in [6, 6.07) is 5.04. The summed E-state index contributed by atoms with van der Waals surface area (Å²) in [5.41, 5.74) is 0.865. The van der Waals surface area contributed by atoms with Crippen LogP contribution in [0.2, 0.25) is 5.02 Å². The Morgan fingerprint density at radius 2 is 2.18 bits per heavy atom. The van der Waals surface area contributed by atoms with Gasteiger partial charge in [0.15, 0.2) is 0 Å². The van der Waals surface area contributed by atoms with Gasteiger partial charge in [-0.1, -0.05) is 11.6 Å². The van der Waals surface area contributed by atoms with Crippen LogP contribution in [0.25, 0.3) is 10.9 Å². The van der Waals surface area contributed by atoms with Crippen LogP contribution in [0.3, 0.4) is 0 Å². The number of aromatic hydroxyl groups is 1. The molecule has 1 heterocycles. The minimum absolute atomic E-state index is 0.196. The SMILES string of the molecule is Oc1cc(Cl)c2[nH]ccc2c1. The van der Waals surface area contributed by atoms with Crippen molar-refractivity contribution in [3.8, 4) is 5.75 Å². The number of aromatic amines is 1. The van der Waals surface area contributed by atoms with E-state index in [-0.39, 0.29) is 5.75 Å². The third kappa shape index (κ3) is 0.955. The highest BCUT2D eigenvalue weighted by molar-refractivity contribution is 6.35. The molecule has 0 unspecified atom stereocenters. The number of phenolic OH excluding ortho intramolecular Hbond substituents is 1. The largest absolute Gasteiger partial charge is 0.508 e. The van der Waals surface area contributed by atoms with Crippen molar-refractivity contribution in [2.75, 3.05) is 0 Å². The van der Waals surface area contributed by atoms with Gasteiger partial charge in [-0.25, -0.2) is 0 Å². The summed E-state index contributed by atoms with van der Waals surface area (Å²) in [4.78, 5) is 2.97. The number of H-pyrrole nitrogens is 1. The molecule has 0 fully saturated rings. The minimum atomic E-state index is 0.196. The molecule has 0 saturated heterocycles. The Morgan fingerprint density at radius 3 is 3.00 bits per heavy atom. The van der Waals surface area contributed by atoms with E-state index >= 15 is 0 Å². The number of benzene rings is 1. The van der Waals surface area contributed by atoms with Gasteiger partial charge in [0.05, 0.1) is 10.5 Å². The fourth-order valence-electron chi connectivity index (χ4n) is 1.11. The summed E-state index contributed by atoms with van der Waals surface area (Å²) in [5, 5.41) is 10.6. The molecule has 0 bridgehead atoms. The number of halogens is 1. The summed E-state index contributed by atoms with van der Waals surface area (Å²) >= 11 is 5.81. The van der Waals surface area contributed by atoms with Crippen LogP contribution >= 0.6 is 11.6 Å². The van der Waals surface area contributed by atoms with Crippen molar-refractivity contribution >= 4 is 22.5 Å². The third-order valence-corrected chi connectivity index (χ3v) is 1.89. The van der Waals surface area contributed by atoms with Crippen molar-refractivity contribution in [1.29, 1.82) is 0 Å². The molecule has 11 heavy (non-hydrogen) atoms. The third-order valence-electron chi connectivity index (χ3n) is 1.60. The molecule has 0 aliphatic heterocycles. The second-order valence-electron chi connectivity index (χ2n) is 2.37. The maximum atomic E-state index is 9.13. The molecular formula is C8H6ClNO. The molecule has 1 aromatic heterocycles. The van der Waals surface area contributed by atoms with E-state index in [2.05, 4.69) is 4.98 Å². The molecule has 1 aromatic carbocycles. The fraction of sp³-hybridized carbons (Fsp3) is 0. The Morgan fingerprint density at radius 1 is 1.36 bits per heavy atom. The zero-order valence-corrected chi connectivity index (χ0v) is 6.39. The van der Waals surface area contributed by atoms with Gasteiger partial charge in [0.2, 0.25) is 0 Å². The van der Waals surface area contributed by atoms with Gasteiger partial charge in [-0.2, -0.15) is 0 Å². The van der Waals surface area contributed by atoms with Crippen LogP contribution in [0.1, 0.15) is 0 Å². The number of hydrogen-bond donors (Lipinski definition) is 2. The first-order chi connectivity index (χ1) is 5.27. The molecule has 0 radical (unpaired) electrons. The van der Waals surface area contributed by atoms with Gasteiger partial charge in [0.25, 0.3) is 0 Å². The Kier molecular flexibility index (Phi) is 1.29. The standard InChI is InChI=1S/C8H6ClNO/c9-7-4-6(11)3-5-1-2-10-8(5)7/h1-4,10-11H. The molecule has 2 nitrogen and oxygen atoms in total. The van der Waals surface area contributed by atoms with Crippen molar-refractivity contribution in [3.05, 3.63) is 29.4 Å². The number of fused-ring (bicyclic) bond motifs is 1. The molecular weight excluding hydrogens is 162 g/mol. The lowest BCUT2D eigenvalue weighted by molar-refractivity contribution is 0.476. The Hall–Kier alpha value is -1.15. The number of hydrogen-bond acceptors (Lipinski definition) is 1. The topological polar surface area (TPSA) is 36.0 Å². The molecule has 0 aliphatic rings. The van der Waals surface area contributed by atoms with E-state index in [9.17, 15) is 0 Å². The lowest BCUT2D eigenvalue weighted by Crippen LogP contribution is -1.70. The smallest absolute Gasteiger partial charge is 0.117 e. The van der Waals surface area contributed by atoms with Gasteiger partial charge >= 0.3 is 0 Å². The van der Waals surface area contributed by atoms with Crippen molar-refractivity contribution in [1.82, 2.24) is 4.98 Å². The predicted octanol–water partition coefficient (Wildman–Crippen LogP) is 2.53. The second kappa shape index (κ2) is 2.17. The number of aromatic nitrogens is 1. The van der Waals surface area contributed by atoms with Crippen LogP contribution < -0.4 is 0 Å². The molecule has 0 saturated carbocycles. The zero-order valence-electron chi connectivity index (χ0n) is 5.63. The molecule has 0 spiro atoms. The normalized spacial score (nSPS) is 10.6. The minimum Gasteiger partial charge on any atom is -0.508 e. The summed E-state index contributed by atoms with van der Waals surface area (Å²) < 4.78 is 0. The van der Waals surface area contributed by atoms with Gasteiger partial charge in [-0.3, -0.25) is 0 Å². The van der Waals surface area contributed by atoms with Crippen LogP contribution in [0.4, 0.5) is 0 Å². The summed E-state index contributed by atoms with van der Waals surface area (Å²) in [6.45, 7) is 0. The van der Waals surface area contributed by atoms with Gasteiger partial charge in [0.1, 0.15) is 5.75 Å². The first kappa shape index (κ1) is 6.55. The Balaban J connectivity index is 2.91. The average molecular weight is 168 g/mol. The van der Waals surface area contributed by atoms with Gasteiger partial charge in [0, 0.05) is 17.6 Å². The number of rotatable bonds is 0. The van der Waals surface area contributed by atoms with Gasteiger partial charge in [-0.15, -0.1) is 0 Å². The summed E-state index contributed by atoms with van der Waals surface area (Å²) in [6.07, 6.45) is 1.79. The molecule has 3 heteroatoms. The predicted molar refractivity (Wildman–Crippen MR) is 45.0 cm³/mol. The fourth-order valence-corrected chi connectivity index (χ4v) is 1.39. The van der Waals surface area contributed by atoms with E-state index in [1.165, 1.54) is 6.07 Å². The molecule has 56 valence electrons. The first-order valence-corrected chi connectivity index (χ1v) is 3.61. The van der Waals surface area contributed by atoms with Crippen molar-refractivity contribution in [2.24, 2.45) is 0 Å². The van der Waals surface area contributed by atoms with Gasteiger partial charge < -0.3 is 10.1 Å². The zero-order chi connectivity index (χ0) is 7.84. The molecule has 0 amide bonds. The first-order valence-electron chi connectivity index (χ1n) is 3.23. The highest BCUT2D eigenvalue weighted by atomic mass is 35.5. The monoisotopic (exact) mass is 167 g/mol. The molecule has 2 rings (SSSR count). The van der Waals surface area contributed by atoms with E-state index in [1.54, 1.807) is 12.3 Å². The molecule has 2 aromatic rings. The van der Waals surface area contributed by atoms with E-state index < -0.39 is 0 Å². The van der Waals surface area contributed by atoms with E-state index in [0.717, 1.165) is 10.9 Å². The Labute approximate surface area is 68.4 Å². The van der Waals surface area contributed by atoms with Crippen molar-refractivity contribution < 1.29 is 5.11 Å². The second-order valence-corrected chi connectivity index (χ2v) is 2.78. The highest BCUT2D eigenvalue weighted by Gasteiger charge is 2.00. The number of nitrogens with one attached hydrogen (secondary N) is 1. The summed E-state index contributed by atoms with van der Waals surface area (Å²) in [7, 11) is 0. The average Bonchev–Trinajstić information content (AvgIpc) is 2.34. The molecule has 0 atom stereocenters. The van der Waals surface area contributed by atoms with Crippen LogP contribution in [-0.4, -0.2) is 10.1 Å². The van der Waals surface area contributed by atoms with Crippen LogP contribution in [0, 0.1) is 0 Å². The summed E-state index contributed by atoms with van der Waals surface area (Å²) in [5.74, 6) is 0.196. The van der Waals surface area contributed by atoms with Crippen molar-refractivity contribution in [2.45, 2.75) is 0 Å². The van der Waals surface area contributed by atoms with E-state index in [0.29, 0.717) is 5.02 Å². The van der Waals surface area contributed by atoms with E-state index in [1.807, 2.05) is 6.07 Å².